The van der Waals surface area contributed by atoms with Crippen molar-refractivity contribution in [3.63, 3.8) is 0 Å². The van der Waals surface area contributed by atoms with E-state index in [-0.39, 0.29) is 5.82 Å². The second kappa shape index (κ2) is 5.06. The van der Waals surface area contributed by atoms with Crippen molar-refractivity contribution in [1.29, 1.82) is 0 Å². The summed E-state index contributed by atoms with van der Waals surface area (Å²) in [5.41, 5.74) is 2.29. The minimum atomic E-state index is -0.908. The normalized spacial score (nSPS) is 16.4. The second-order valence-corrected chi connectivity index (χ2v) is 5.80. The number of hydrogen-bond acceptors (Lipinski definition) is 1. The predicted molar refractivity (Wildman–Crippen MR) is 76.6 cm³/mol. The maximum absolute atomic E-state index is 14.1. The van der Waals surface area contributed by atoms with E-state index in [4.69, 9.17) is 0 Å². The van der Waals surface area contributed by atoms with Crippen LogP contribution in [-0.2, 0) is 0 Å². The molecule has 3 heteroatoms. The summed E-state index contributed by atoms with van der Waals surface area (Å²) in [5.74, 6) is 0.140. The fourth-order valence-corrected chi connectivity index (χ4v) is 2.81. The zero-order valence-corrected chi connectivity index (χ0v) is 11.9. The number of hydrogen-bond donors (Lipinski definition) is 1. The number of benzene rings is 2. The molecule has 0 aliphatic heterocycles. The van der Waals surface area contributed by atoms with Crippen LogP contribution in [0.2, 0.25) is 0 Å². The van der Waals surface area contributed by atoms with Crippen LogP contribution in [-0.4, -0.2) is 5.11 Å². The lowest BCUT2D eigenvalue weighted by molar-refractivity contribution is 0.213. The van der Waals surface area contributed by atoms with Gasteiger partial charge in [-0.1, -0.05) is 36.4 Å². The molecule has 0 spiro atoms. The van der Waals surface area contributed by atoms with Crippen LogP contribution in [0.1, 0.15) is 41.6 Å². The minimum absolute atomic E-state index is 0.322. The van der Waals surface area contributed by atoms with Gasteiger partial charge in [0.05, 0.1) is 4.47 Å². The predicted octanol–water partition coefficient (Wildman–Crippen LogP) is 4.55. The summed E-state index contributed by atoms with van der Waals surface area (Å²) < 4.78 is 14.5. The molecule has 98 valence electrons. The Hall–Kier alpha value is -1.19. The summed E-state index contributed by atoms with van der Waals surface area (Å²) in [4.78, 5) is 0. The highest BCUT2D eigenvalue weighted by atomic mass is 79.9. The standard InChI is InChI=1S/C16H14BrFO/c17-14-7-3-6-13(15(14)18)16(19)12-5-2-1-4-11(12)10-8-9-10/h1-7,10,16,19H,8-9H2. The molecule has 0 radical (unpaired) electrons. The molecule has 0 bridgehead atoms. The summed E-state index contributed by atoms with van der Waals surface area (Å²) in [7, 11) is 0. The Morgan fingerprint density at radius 2 is 1.74 bits per heavy atom. The van der Waals surface area contributed by atoms with Crippen LogP contribution in [0.15, 0.2) is 46.9 Å². The maximum Gasteiger partial charge on any atom is 0.143 e. The number of aliphatic hydroxyl groups excluding tert-OH is 1. The van der Waals surface area contributed by atoms with Crippen molar-refractivity contribution in [2.45, 2.75) is 24.9 Å². The Kier molecular flexibility index (Phi) is 3.42. The van der Waals surface area contributed by atoms with E-state index in [0.29, 0.717) is 16.0 Å². The maximum atomic E-state index is 14.1. The minimum Gasteiger partial charge on any atom is -0.384 e. The van der Waals surface area contributed by atoms with Gasteiger partial charge >= 0.3 is 0 Å². The van der Waals surface area contributed by atoms with Crippen molar-refractivity contribution in [3.8, 4) is 0 Å². The van der Waals surface area contributed by atoms with Crippen molar-refractivity contribution in [2.24, 2.45) is 0 Å². The van der Waals surface area contributed by atoms with Gasteiger partial charge in [0.1, 0.15) is 11.9 Å². The fourth-order valence-electron chi connectivity index (χ4n) is 2.43. The van der Waals surface area contributed by atoms with Crippen LogP contribution in [0.5, 0.6) is 0 Å². The third-order valence-corrected chi connectivity index (χ3v) is 4.20. The molecule has 2 aromatic carbocycles. The van der Waals surface area contributed by atoms with Crippen molar-refractivity contribution < 1.29 is 9.50 Å². The molecule has 0 saturated heterocycles. The first-order chi connectivity index (χ1) is 9.18. The molecule has 1 atom stereocenters. The first-order valence-corrected chi connectivity index (χ1v) is 7.18. The molecule has 1 N–H and O–H groups in total. The van der Waals surface area contributed by atoms with Crippen LogP contribution in [0.4, 0.5) is 4.39 Å². The first-order valence-electron chi connectivity index (χ1n) is 6.39. The summed E-state index contributed by atoms with van der Waals surface area (Å²) in [6.07, 6.45) is 1.41. The summed E-state index contributed by atoms with van der Waals surface area (Å²) in [6.45, 7) is 0. The number of halogens is 2. The Morgan fingerprint density at radius 3 is 2.47 bits per heavy atom. The molecule has 0 amide bonds. The smallest absolute Gasteiger partial charge is 0.143 e. The van der Waals surface area contributed by atoms with Crippen LogP contribution < -0.4 is 0 Å². The van der Waals surface area contributed by atoms with E-state index in [1.165, 1.54) is 0 Å². The molecule has 1 fully saturated rings. The molecule has 19 heavy (non-hydrogen) atoms. The number of rotatable bonds is 3. The molecule has 1 saturated carbocycles. The van der Waals surface area contributed by atoms with Crippen molar-refractivity contribution in [3.05, 3.63) is 69.4 Å². The monoisotopic (exact) mass is 320 g/mol. The Bertz CT molecular complexity index is 607. The first kappa shape index (κ1) is 12.8. The van der Waals surface area contributed by atoms with Gasteiger partial charge in [-0.05, 0) is 51.9 Å². The SMILES string of the molecule is OC(c1ccccc1C1CC1)c1cccc(Br)c1F. The van der Waals surface area contributed by atoms with E-state index in [2.05, 4.69) is 15.9 Å². The van der Waals surface area contributed by atoms with E-state index in [1.807, 2.05) is 24.3 Å². The van der Waals surface area contributed by atoms with Crippen LogP contribution in [0, 0.1) is 5.82 Å². The largest absolute Gasteiger partial charge is 0.384 e. The van der Waals surface area contributed by atoms with Crippen molar-refractivity contribution in [2.75, 3.05) is 0 Å². The van der Waals surface area contributed by atoms with Crippen LogP contribution in [0.3, 0.4) is 0 Å². The lowest BCUT2D eigenvalue weighted by atomic mass is 9.94. The molecular weight excluding hydrogens is 307 g/mol. The van der Waals surface area contributed by atoms with Gasteiger partial charge in [0.25, 0.3) is 0 Å². The molecule has 1 aliphatic carbocycles. The zero-order chi connectivity index (χ0) is 13.4. The average Bonchev–Trinajstić information content (AvgIpc) is 3.26. The summed E-state index contributed by atoms with van der Waals surface area (Å²) in [5, 5.41) is 10.5. The van der Waals surface area contributed by atoms with Gasteiger partial charge in [-0.15, -0.1) is 0 Å². The Labute approximate surface area is 120 Å². The van der Waals surface area contributed by atoms with Gasteiger partial charge in [-0.25, -0.2) is 4.39 Å². The third-order valence-electron chi connectivity index (χ3n) is 3.58. The number of aliphatic hydroxyl groups is 1. The van der Waals surface area contributed by atoms with E-state index < -0.39 is 6.10 Å². The Balaban J connectivity index is 2.04. The highest BCUT2D eigenvalue weighted by Gasteiger charge is 2.28. The average molecular weight is 321 g/mol. The molecule has 0 aromatic heterocycles. The van der Waals surface area contributed by atoms with Gasteiger partial charge < -0.3 is 5.11 Å². The van der Waals surface area contributed by atoms with Crippen LogP contribution >= 0.6 is 15.9 Å². The van der Waals surface area contributed by atoms with Gasteiger partial charge in [0, 0.05) is 5.56 Å². The molecule has 1 aliphatic rings. The Morgan fingerprint density at radius 1 is 1.05 bits per heavy atom. The molecule has 1 unspecified atom stereocenters. The van der Waals surface area contributed by atoms with E-state index in [1.54, 1.807) is 18.2 Å². The molecule has 0 heterocycles. The zero-order valence-electron chi connectivity index (χ0n) is 10.3. The molecular formula is C16H14BrFO. The second-order valence-electron chi connectivity index (χ2n) is 4.95. The topological polar surface area (TPSA) is 20.2 Å². The van der Waals surface area contributed by atoms with E-state index in [0.717, 1.165) is 24.0 Å². The van der Waals surface area contributed by atoms with Crippen LogP contribution in [0.25, 0.3) is 0 Å². The molecule has 2 aromatic rings. The lowest BCUT2D eigenvalue weighted by Gasteiger charge is -2.17. The van der Waals surface area contributed by atoms with Gasteiger partial charge in [-0.2, -0.15) is 0 Å². The van der Waals surface area contributed by atoms with Crippen molar-refractivity contribution in [1.82, 2.24) is 0 Å². The molecule has 3 rings (SSSR count). The van der Waals surface area contributed by atoms with E-state index >= 15 is 0 Å². The van der Waals surface area contributed by atoms with Gasteiger partial charge in [-0.3, -0.25) is 0 Å². The van der Waals surface area contributed by atoms with E-state index in [9.17, 15) is 9.50 Å². The van der Waals surface area contributed by atoms with Gasteiger partial charge in [0.2, 0.25) is 0 Å². The highest BCUT2D eigenvalue weighted by Crippen LogP contribution is 2.44. The molecule has 1 nitrogen and oxygen atoms in total. The quantitative estimate of drug-likeness (QED) is 0.879. The summed E-state index contributed by atoms with van der Waals surface area (Å²) in [6, 6.07) is 12.8. The fraction of sp³-hybridized carbons (Fsp3) is 0.250. The third kappa shape index (κ3) is 2.45. The lowest BCUT2D eigenvalue weighted by Crippen LogP contribution is -2.05. The van der Waals surface area contributed by atoms with Gasteiger partial charge in [0.15, 0.2) is 0 Å². The highest BCUT2D eigenvalue weighted by molar-refractivity contribution is 9.10. The van der Waals surface area contributed by atoms with Crippen molar-refractivity contribution >= 4 is 15.9 Å². The summed E-state index contributed by atoms with van der Waals surface area (Å²) >= 11 is 3.16.